The summed E-state index contributed by atoms with van der Waals surface area (Å²) < 4.78 is 5.81. The molecule has 0 radical (unpaired) electrons. The number of hydrogen-bond donors (Lipinski definition) is 0. The zero-order chi connectivity index (χ0) is 11.1. The van der Waals surface area contributed by atoms with Crippen LogP contribution in [-0.4, -0.2) is 22.2 Å². The highest BCUT2D eigenvalue weighted by atomic mass is 16.6. The third-order valence-corrected chi connectivity index (χ3v) is 3.41. The SMILES string of the molecule is CC1(C)C=C[C@]2([N+](=O)[O-])CCCC[C@@H]2O1. The largest absolute Gasteiger partial charge is 0.360 e. The van der Waals surface area contributed by atoms with E-state index in [1.54, 1.807) is 6.08 Å². The van der Waals surface area contributed by atoms with Gasteiger partial charge in [0.25, 0.3) is 5.54 Å². The number of ether oxygens (including phenoxy) is 1. The highest BCUT2D eigenvalue weighted by molar-refractivity contribution is 5.16. The van der Waals surface area contributed by atoms with E-state index in [9.17, 15) is 10.1 Å². The van der Waals surface area contributed by atoms with Crippen molar-refractivity contribution in [3.05, 3.63) is 22.3 Å². The minimum absolute atomic E-state index is 0.164. The van der Waals surface area contributed by atoms with Gasteiger partial charge in [0, 0.05) is 11.3 Å². The van der Waals surface area contributed by atoms with Gasteiger partial charge in [-0.25, -0.2) is 0 Å². The molecule has 84 valence electrons. The first-order valence-electron chi connectivity index (χ1n) is 5.49. The van der Waals surface area contributed by atoms with Gasteiger partial charge in [-0.1, -0.05) is 12.5 Å². The standard InChI is InChI=1S/C11H17NO3/c1-10(2)7-8-11(12(13)14)6-4-3-5-9(11)15-10/h7-9H,3-6H2,1-2H3/t9-,11+/m0/s1. The van der Waals surface area contributed by atoms with Crippen LogP contribution in [0.25, 0.3) is 0 Å². The van der Waals surface area contributed by atoms with Gasteiger partial charge in [-0.3, -0.25) is 10.1 Å². The fraction of sp³-hybridized carbons (Fsp3) is 0.818. The van der Waals surface area contributed by atoms with Crippen LogP contribution in [0.15, 0.2) is 12.2 Å². The van der Waals surface area contributed by atoms with Crippen molar-refractivity contribution in [1.29, 1.82) is 0 Å². The molecule has 0 aromatic carbocycles. The second-order valence-electron chi connectivity index (χ2n) is 5.04. The van der Waals surface area contributed by atoms with E-state index >= 15 is 0 Å². The van der Waals surface area contributed by atoms with Crippen molar-refractivity contribution in [2.75, 3.05) is 0 Å². The Bertz CT molecular complexity index is 311. The van der Waals surface area contributed by atoms with Crippen molar-refractivity contribution >= 4 is 0 Å². The van der Waals surface area contributed by atoms with Crippen molar-refractivity contribution in [1.82, 2.24) is 0 Å². The molecule has 0 saturated heterocycles. The molecule has 0 unspecified atom stereocenters. The quantitative estimate of drug-likeness (QED) is 0.380. The Labute approximate surface area is 89.5 Å². The number of nitrogens with zero attached hydrogens (tertiary/aromatic N) is 1. The fourth-order valence-corrected chi connectivity index (χ4v) is 2.52. The highest BCUT2D eigenvalue weighted by Gasteiger charge is 2.54. The summed E-state index contributed by atoms with van der Waals surface area (Å²) in [5.74, 6) is 0. The monoisotopic (exact) mass is 211 g/mol. The van der Waals surface area contributed by atoms with Crippen molar-refractivity contribution in [2.45, 2.75) is 56.8 Å². The van der Waals surface area contributed by atoms with Gasteiger partial charge in [0.2, 0.25) is 0 Å². The van der Waals surface area contributed by atoms with Crippen LogP contribution in [0, 0.1) is 10.1 Å². The fourth-order valence-electron chi connectivity index (χ4n) is 2.52. The lowest BCUT2D eigenvalue weighted by molar-refractivity contribution is -0.576. The van der Waals surface area contributed by atoms with Gasteiger partial charge in [-0.05, 0) is 32.8 Å². The zero-order valence-electron chi connectivity index (χ0n) is 9.23. The molecule has 1 aliphatic carbocycles. The smallest absolute Gasteiger partial charge is 0.266 e. The maximum Gasteiger partial charge on any atom is 0.266 e. The summed E-state index contributed by atoms with van der Waals surface area (Å²) in [6.45, 7) is 3.89. The van der Waals surface area contributed by atoms with Gasteiger partial charge < -0.3 is 4.74 Å². The van der Waals surface area contributed by atoms with Crippen LogP contribution in [0.4, 0.5) is 0 Å². The molecule has 0 amide bonds. The second-order valence-corrected chi connectivity index (χ2v) is 5.04. The predicted molar refractivity (Wildman–Crippen MR) is 56.3 cm³/mol. The number of hydrogen-bond acceptors (Lipinski definition) is 3. The molecule has 1 fully saturated rings. The minimum atomic E-state index is -0.951. The van der Waals surface area contributed by atoms with E-state index in [2.05, 4.69) is 0 Å². The van der Waals surface area contributed by atoms with Gasteiger partial charge in [0.15, 0.2) is 0 Å². The summed E-state index contributed by atoms with van der Waals surface area (Å²) in [7, 11) is 0. The first kappa shape index (κ1) is 10.6. The van der Waals surface area contributed by atoms with E-state index in [4.69, 9.17) is 4.74 Å². The molecular weight excluding hydrogens is 194 g/mol. The average Bonchev–Trinajstić information content (AvgIpc) is 2.16. The number of fused-ring (bicyclic) bond motifs is 1. The van der Waals surface area contributed by atoms with Gasteiger partial charge >= 0.3 is 0 Å². The molecule has 0 N–H and O–H groups in total. The van der Waals surface area contributed by atoms with E-state index in [-0.39, 0.29) is 16.6 Å². The minimum Gasteiger partial charge on any atom is -0.360 e. The summed E-state index contributed by atoms with van der Waals surface area (Å²) in [5.41, 5.74) is -1.31. The third kappa shape index (κ3) is 1.67. The predicted octanol–water partition coefficient (Wildman–Crippen LogP) is 2.31. The molecule has 0 aromatic rings. The molecule has 0 spiro atoms. The van der Waals surface area contributed by atoms with Crippen molar-refractivity contribution < 1.29 is 9.66 Å². The number of nitro groups is 1. The molecule has 2 atom stereocenters. The van der Waals surface area contributed by atoms with Crippen LogP contribution in [-0.2, 0) is 4.74 Å². The van der Waals surface area contributed by atoms with E-state index < -0.39 is 5.54 Å². The van der Waals surface area contributed by atoms with Crippen LogP contribution in [0.3, 0.4) is 0 Å². The molecule has 15 heavy (non-hydrogen) atoms. The van der Waals surface area contributed by atoms with Gasteiger partial charge in [0.1, 0.15) is 6.10 Å². The topological polar surface area (TPSA) is 52.4 Å². The number of rotatable bonds is 1. The van der Waals surface area contributed by atoms with Crippen LogP contribution in [0.2, 0.25) is 0 Å². The molecule has 0 bridgehead atoms. The highest BCUT2D eigenvalue weighted by Crippen LogP contribution is 2.40. The van der Waals surface area contributed by atoms with Crippen LogP contribution in [0.1, 0.15) is 39.5 Å². The lowest BCUT2D eigenvalue weighted by Crippen LogP contribution is -2.56. The van der Waals surface area contributed by atoms with E-state index in [0.29, 0.717) is 6.42 Å². The van der Waals surface area contributed by atoms with E-state index in [0.717, 1.165) is 19.3 Å². The Morgan fingerprint density at radius 2 is 2.13 bits per heavy atom. The van der Waals surface area contributed by atoms with Crippen molar-refractivity contribution in [3.63, 3.8) is 0 Å². The maximum atomic E-state index is 11.2. The Hall–Kier alpha value is -0.900. The van der Waals surface area contributed by atoms with Crippen LogP contribution in [0.5, 0.6) is 0 Å². The molecule has 1 heterocycles. The summed E-state index contributed by atoms with van der Waals surface area (Å²) >= 11 is 0. The van der Waals surface area contributed by atoms with E-state index in [1.165, 1.54) is 0 Å². The lowest BCUT2D eigenvalue weighted by Gasteiger charge is -2.42. The first-order valence-corrected chi connectivity index (χ1v) is 5.49. The summed E-state index contributed by atoms with van der Waals surface area (Å²) in [6, 6.07) is 0. The molecule has 1 saturated carbocycles. The first-order chi connectivity index (χ1) is 6.96. The zero-order valence-corrected chi connectivity index (χ0v) is 9.23. The maximum absolute atomic E-state index is 11.2. The summed E-state index contributed by atoms with van der Waals surface area (Å²) in [4.78, 5) is 11.0. The Balaban J connectivity index is 2.36. The normalized spacial score (nSPS) is 38.4. The van der Waals surface area contributed by atoms with Gasteiger partial charge in [-0.15, -0.1) is 0 Å². The Kier molecular flexibility index (Phi) is 2.34. The molecular formula is C11H17NO3. The van der Waals surface area contributed by atoms with Crippen molar-refractivity contribution in [3.8, 4) is 0 Å². The Morgan fingerprint density at radius 1 is 1.40 bits per heavy atom. The molecule has 4 heteroatoms. The van der Waals surface area contributed by atoms with Gasteiger partial charge in [0.05, 0.1) is 5.60 Å². The molecule has 1 aliphatic heterocycles. The molecule has 0 aromatic heterocycles. The van der Waals surface area contributed by atoms with E-state index in [1.807, 2.05) is 19.9 Å². The van der Waals surface area contributed by atoms with Crippen molar-refractivity contribution in [2.24, 2.45) is 0 Å². The van der Waals surface area contributed by atoms with Gasteiger partial charge in [-0.2, -0.15) is 0 Å². The summed E-state index contributed by atoms with van der Waals surface area (Å²) in [6.07, 6.45) is 6.71. The molecule has 4 nitrogen and oxygen atoms in total. The second kappa shape index (κ2) is 3.30. The molecule has 2 aliphatic rings. The Morgan fingerprint density at radius 3 is 2.80 bits per heavy atom. The average molecular weight is 211 g/mol. The molecule has 2 rings (SSSR count). The summed E-state index contributed by atoms with van der Waals surface area (Å²) in [5, 5.41) is 11.2. The lowest BCUT2D eigenvalue weighted by atomic mass is 9.76. The third-order valence-electron chi connectivity index (χ3n) is 3.41. The van der Waals surface area contributed by atoms with Crippen LogP contribution >= 0.6 is 0 Å². The van der Waals surface area contributed by atoms with Crippen LogP contribution < -0.4 is 0 Å².